The lowest BCUT2D eigenvalue weighted by atomic mass is 9.90. The van der Waals surface area contributed by atoms with Crippen LogP contribution in [0.25, 0.3) is 11.3 Å². The monoisotopic (exact) mass is 607 g/mol. The first-order valence-corrected chi connectivity index (χ1v) is 16.4. The van der Waals surface area contributed by atoms with E-state index in [4.69, 9.17) is 27.1 Å². The van der Waals surface area contributed by atoms with Crippen molar-refractivity contribution in [2.24, 2.45) is 18.7 Å². The standard InChI is InChI=1S/C33H46ClN7O2/c1-40-30(20-24-12-13-24)28(21-37-40)31-29(34)22-36-32(39-31)38-26-14-16-27(17-15-26)41(23-25-10-6-5-7-11-25)33(42)43-19-9-4-2-3-8-18-35/h5-7,10-11,21-22,24,26-27H,2-4,8-9,12-20,23,35H2,1H3,(H,36,38,39). The predicted octanol–water partition coefficient (Wildman–Crippen LogP) is 6.75. The minimum absolute atomic E-state index is 0.123. The number of nitrogens with zero attached hydrogens (tertiary/aromatic N) is 5. The van der Waals surface area contributed by atoms with Gasteiger partial charge in [0.15, 0.2) is 0 Å². The summed E-state index contributed by atoms with van der Waals surface area (Å²) in [5.74, 6) is 1.31. The number of benzene rings is 1. The molecule has 5 rings (SSSR count). The van der Waals surface area contributed by atoms with Gasteiger partial charge >= 0.3 is 6.09 Å². The Morgan fingerprint density at radius 2 is 1.79 bits per heavy atom. The van der Waals surface area contributed by atoms with Gasteiger partial charge in [0.05, 0.1) is 29.7 Å². The van der Waals surface area contributed by atoms with Crippen LogP contribution >= 0.6 is 11.6 Å². The van der Waals surface area contributed by atoms with Crippen molar-refractivity contribution < 1.29 is 9.53 Å². The van der Waals surface area contributed by atoms with Crippen molar-refractivity contribution in [2.45, 2.75) is 95.7 Å². The van der Waals surface area contributed by atoms with Gasteiger partial charge < -0.3 is 20.7 Å². The number of hydrogen-bond acceptors (Lipinski definition) is 7. The summed E-state index contributed by atoms with van der Waals surface area (Å²) in [6, 6.07) is 10.5. The van der Waals surface area contributed by atoms with Crippen LogP contribution in [-0.2, 0) is 24.8 Å². The number of rotatable bonds is 15. The molecule has 0 saturated heterocycles. The Morgan fingerprint density at radius 1 is 1.05 bits per heavy atom. The molecule has 1 aromatic carbocycles. The summed E-state index contributed by atoms with van der Waals surface area (Å²) < 4.78 is 7.71. The van der Waals surface area contributed by atoms with E-state index in [2.05, 4.69) is 27.5 Å². The van der Waals surface area contributed by atoms with Crippen LogP contribution in [-0.4, -0.2) is 56.0 Å². The fraction of sp³-hybridized carbons (Fsp3) is 0.576. The molecule has 2 saturated carbocycles. The molecule has 2 fully saturated rings. The Bertz CT molecular complexity index is 1310. The second-order valence-electron chi connectivity index (χ2n) is 12.1. The quantitative estimate of drug-likeness (QED) is 0.184. The average molecular weight is 608 g/mol. The van der Waals surface area contributed by atoms with Crippen LogP contribution in [0.2, 0.25) is 5.02 Å². The van der Waals surface area contributed by atoms with Crippen molar-refractivity contribution in [3.05, 3.63) is 59.0 Å². The predicted molar refractivity (Wildman–Crippen MR) is 171 cm³/mol. The van der Waals surface area contributed by atoms with E-state index in [1.54, 1.807) is 6.20 Å². The Hall–Kier alpha value is -3.17. The molecule has 43 heavy (non-hydrogen) atoms. The number of carbonyl (C=O) groups excluding carboxylic acids is 1. The number of anilines is 1. The van der Waals surface area contributed by atoms with E-state index in [1.165, 1.54) is 18.5 Å². The van der Waals surface area contributed by atoms with Gasteiger partial charge in [-0.1, -0.05) is 61.2 Å². The maximum absolute atomic E-state index is 13.3. The number of amides is 1. The van der Waals surface area contributed by atoms with E-state index in [1.807, 2.05) is 41.0 Å². The lowest BCUT2D eigenvalue weighted by Crippen LogP contribution is -2.44. The Morgan fingerprint density at radius 3 is 2.53 bits per heavy atom. The number of aryl methyl sites for hydroxylation is 1. The first kappa shape index (κ1) is 31.3. The molecule has 2 heterocycles. The molecule has 10 heteroatoms. The Labute approximate surface area is 260 Å². The smallest absolute Gasteiger partial charge is 0.410 e. The summed E-state index contributed by atoms with van der Waals surface area (Å²) in [6.07, 6.45) is 15.7. The number of nitrogens with two attached hydrogens (primary N) is 1. The zero-order chi connectivity index (χ0) is 30.0. The van der Waals surface area contributed by atoms with Gasteiger partial charge in [0, 0.05) is 36.9 Å². The number of hydrogen-bond donors (Lipinski definition) is 2. The van der Waals surface area contributed by atoms with Crippen molar-refractivity contribution in [1.29, 1.82) is 0 Å². The third-order valence-corrected chi connectivity index (χ3v) is 8.99. The van der Waals surface area contributed by atoms with Crippen LogP contribution < -0.4 is 11.1 Å². The molecule has 0 radical (unpaired) electrons. The van der Waals surface area contributed by atoms with Crippen molar-refractivity contribution in [3.8, 4) is 11.3 Å². The highest BCUT2D eigenvalue weighted by atomic mass is 35.5. The largest absolute Gasteiger partial charge is 0.449 e. The Balaban J connectivity index is 1.18. The third-order valence-electron chi connectivity index (χ3n) is 8.71. The molecular formula is C33H46ClN7O2. The lowest BCUT2D eigenvalue weighted by molar-refractivity contribution is 0.0712. The minimum Gasteiger partial charge on any atom is -0.449 e. The summed E-state index contributed by atoms with van der Waals surface area (Å²) in [7, 11) is 1.98. The number of ether oxygens (including phenoxy) is 1. The van der Waals surface area contributed by atoms with Crippen molar-refractivity contribution in [1.82, 2.24) is 24.6 Å². The molecule has 1 amide bonds. The molecule has 0 aliphatic heterocycles. The lowest BCUT2D eigenvalue weighted by Gasteiger charge is -2.36. The number of nitrogens with one attached hydrogen (secondary N) is 1. The normalized spacial score (nSPS) is 18.4. The molecule has 2 aliphatic rings. The number of aromatic nitrogens is 4. The number of carbonyl (C=O) groups is 1. The second-order valence-corrected chi connectivity index (χ2v) is 12.5. The van der Waals surface area contributed by atoms with Crippen LogP contribution in [0.4, 0.5) is 10.7 Å². The summed E-state index contributed by atoms with van der Waals surface area (Å²) in [4.78, 5) is 24.6. The first-order chi connectivity index (χ1) is 21.0. The summed E-state index contributed by atoms with van der Waals surface area (Å²) >= 11 is 6.59. The highest BCUT2D eigenvalue weighted by molar-refractivity contribution is 6.33. The van der Waals surface area contributed by atoms with E-state index in [0.29, 0.717) is 24.1 Å². The van der Waals surface area contributed by atoms with Crippen LogP contribution in [0.5, 0.6) is 0 Å². The van der Waals surface area contributed by atoms with E-state index in [-0.39, 0.29) is 18.2 Å². The van der Waals surface area contributed by atoms with Gasteiger partial charge in [-0.25, -0.2) is 14.8 Å². The highest BCUT2D eigenvalue weighted by Crippen LogP contribution is 2.37. The summed E-state index contributed by atoms with van der Waals surface area (Å²) in [5.41, 5.74) is 9.58. The van der Waals surface area contributed by atoms with Crippen LogP contribution in [0.3, 0.4) is 0 Å². The SMILES string of the molecule is Cn1ncc(-c2nc(NC3CCC(N(Cc4ccccc4)C(=O)OCCCCCCCN)CC3)ncc2Cl)c1CC1CC1. The topological polar surface area (TPSA) is 111 Å². The Kier molecular flexibility index (Phi) is 11.3. The minimum atomic E-state index is -0.216. The van der Waals surface area contributed by atoms with E-state index in [9.17, 15) is 4.79 Å². The van der Waals surface area contributed by atoms with Gasteiger partial charge in [-0.2, -0.15) is 5.10 Å². The number of halogens is 1. The van der Waals surface area contributed by atoms with Gasteiger partial charge in [0.2, 0.25) is 5.95 Å². The molecule has 3 N–H and O–H groups in total. The maximum atomic E-state index is 13.3. The third kappa shape index (κ3) is 8.92. The average Bonchev–Trinajstić information content (AvgIpc) is 3.78. The van der Waals surface area contributed by atoms with Gasteiger partial charge in [-0.15, -0.1) is 0 Å². The van der Waals surface area contributed by atoms with Crippen molar-refractivity contribution >= 4 is 23.6 Å². The van der Waals surface area contributed by atoms with Gasteiger partial charge in [-0.05, 0) is 75.8 Å². The van der Waals surface area contributed by atoms with Crippen molar-refractivity contribution in [2.75, 3.05) is 18.5 Å². The molecule has 2 aromatic heterocycles. The van der Waals surface area contributed by atoms with Gasteiger partial charge in [-0.3, -0.25) is 4.68 Å². The summed E-state index contributed by atoms with van der Waals surface area (Å²) in [5, 5.41) is 8.58. The van der Waals surface area contributed by atoms with Crippen LogP contribution in [0, 0.1) is 5.92 Å². The van der Waals surface area contributed by atoms with Crippen LogP contribution in [0.15, 0.2) is 42.7 Å². The van der Waals surface area contributed by atoms with E-state index < -0.39 is 0 Å². The van der Waals surface area contributed by atoms with Crippen molar-refractivity contribution in [3.63, 3.8) is 0 Å². The summed E-state index contributed by atoms with van der Waals surface area (Å²) in [6.45, 7) is 1.75. The maximum Gasteiger partial charge on any atom is 0.410 e. The molecular weight excluding hydrogens is 562 g/mol. The molecule has 2 aliphatic carbocycles. The van der Waals surface area contributed by atoms with Crippen LogP contribution in [0.1, 0.15) is 81.9 Å². The fourth-order valence-corrected chi connectivity index (χ4v) is 6.17. The first-order valence-electron chi connectivity index (χ1n) is 16.0. The molecule has 232 valence electrons. The second kappa shape index (κ2) is 15.5. The molecule has 0 atom stereocenters. The van der Waals surface area contributed by atoms with Gasteiger partial charge in [0.25, 0.3) is 0 Å². The fourth-order valence-electron chi connectivity index (χ4n) is 5.98. The molecule has 0 spiro atoms. The zero-order valence-electron chi connectivity index (χ0n) is 25.4. The molecule has 9 nitrogen and oxygen atoms in total. The van der Waals surface area contributed by atoms with Gasteiger partial charge in [0.1, 0.15) is 0 Å². The molecule has 3 aromatic rings. The molecule has 0 unspecified atom stereocenters. The number of unbranched alkanes of at least 4 members (excludes halogenated alkanes) is 4. The highest BCUT2D eigenvalue weighted by Gasteiger charge is 2.31. The zero-order valence-corrected chi connectivity index (χ0v) is 26.1. The molecule has 0 bridgehead atoms. The van der Waals surface area contributed by atoms with E-state index >= 15 is 0 Å². The van der Waals surface area contributed by atoms with E-state index in [0.717, 1.165) is 93.5 Å².